The minimum Gasteiger partial charge on any atom is -0.300 e. The molecule has 1 aromatic heterocycles. The Balaban J connectivity index is 1.36. The van der Waals surface area contributed by atoms with E-state index in [1.807, 2.05) is 13.8 Å². The minimum atomic E-state index is -0.256. The summed E-state index contributed by atoms with van der Waals surface area (Å²) in [6, 6.07) is 0. The topological polar surface area (TPSA) is 92.3 Å². The number of nitrogens with zero attached hydrogens (tertiary/aromatic N) is 3. The van der Waals surface area contributed by atoms with Crippen LogP contribution in [-0.4, -0.2) is 39.4 Å². The van der Waals surface area contributed by atoms with Gasteiger partial charge in [-0.2, -0.15) is 0 Å². The quantitative estimate of drug-likeness (QED) is 0.630. The smallest absolute Gasteiger partial charge is 0.233 e. The second kappa shape index (κ2) is 6.57. The molecule has 3 aliphatic carbocycles. The number of carbonyl (C=O) groups is 3. The van der Waals surface area contributed by atoms with Crippen molar-refractivity contribution in [3.05, 3.63) is 17.2 Å². The number of aromatic nitrogens is 2. The van der Waals surface area contributed by atoms with Gasteiger partial charge in [-0.3, -0.25) is 19.3 Å². The zero-order valence-corrected chi connectivity index (χ0v) is 15.7. The summed E-state index contributed by atoms with van der Waals surface area (Å²) in [5.74, 6) is -0.294. The number of nitrogens with one attached hydrogen (secondary N) is 1. The molecule has 4 atom stereocenters. The minimum absolute atomic E-state index is 0.0796. The van der Waals surface area contributed by atoms with Crippen LogP contribution in [0.1, 0.15) is 44.0 Å². The lowest BCUT2D eigenvalue weighted by Crippen LogP contribution is -2.38. The van der Waals surface area contributed by atoms with Gasteiger partial charge in [-0.05, 0) is 24.7 Å². The lowest BCUT2D eigenvalue weighted by molar-refractivity contribution is -0.140. The zero-order chi connectivity index (χ0) is 18.4. The predicted molar refractivity (Wildman–Crippen MR) is 96.3 cm³/mol. The molecule has 26 heavy (non-hydrogen) atoms. The summed E-state index contributed by atoms with van der Waals surface area (Å²) in [6.07, 6.45) is 6.23. The first-order valence-electron chi connectivity index (χ1n) is 9.12. The second-order valence-electron chi connectivity index (χ2n) is 7.57. The number of carbonyl (C=O) groups excluding carboxylic acids is 3. The Morgan fingerprint density at radius 1 is 1.19 bits per heavy atom. The van der Waals surface area contributed by atoms with Crippen molar-refractivity contribution in [1.82, 2.24) is 15.1 Å². The average Bonchev–Trinajstić information content (AvgIpc) is 3.19. The molecule has 4 aliphatic rings. The second-order valence-corrected chi connectivity index (χ2v) is 8.58. The average molecular weight is 374 g/mol. The Morgan fingerprint density at radius 3 is 2.31 bits per heavy atom. The van der Waals surface area contributed by atoms with Crippen molar-refractivity contribution >= 4 is 34.2 Å². The van der Waals surface area contributed by atoms with Crippen LogP contribution in [0.25, 0.3) is 0 Å². The van der Waals surface area contributed by atoms with Gasteiger partial charge in [0.15, 0.2) is 0 Å². The van der Waals surface area contributed by atoms with Gasteiger partial charge in [-0.15, -0.1) is 10.2 Å². The summed E-state index contributed by atoms with van der Waals surface area (Å²) in [6.45, 7) is 4.15. The number of amides is 3. The van der Waals surface area contributed by atoms with E-state index in [-0.39, 0.29) is 60.3 Å². The van der Waals surface area contributed by atoms with Crippen LogP contribution in [0.2, 0.25) is 0 Å². The highest BCUT2D eigenvalue weighted by molar-refractivity contribution is 7.15. The normalized spacial score (nSPS) is 29.6. The highest BCUT2D eigenvalue weighted by atomic mass is 32.1. The molecule has 2 fully saturated rings. The molecule has 2 heterocycles. The highest BCUT2D eigenvalue weighted by Gasteiger charge is 2.56. The predicted octanol–water partition coefficient (Wildman–Crippen LogP) is 2.19. The van der Waals surface area contributed by atoms with Gasteiger partial charge >= 0.3 is 0 Å². The third kappa shape index (κ3) is 2.86. The largest absolute Gasteiger partial charge is 0.300 e. The van der Waals surface area contributed by atoms with E-state index in [1.165, 1.54) is 16.2 Å². The van der Waals surface area contributed by atoms with E-state index in [0.717, 1.165) is 17.8 Å². The number of anilines is 1. The molecule has 5 rings (SSSR count). The monoisotopic (exact) mass is 374 g/mol. The van der Waals surface area contributed by atoms with Gasteiger partial charge in [0.05, 0.1) is 11.8 Å². The highest BCUT2D eigenvalue weighted by Crippen LogP contribution is 2.49. The molecule has 0 aromatic carbocycles. The summed E-state index contributed by atoms with van der Waals surface area (Å²) >= 11 is 1.34. The molecule has 7 nitrogen and oxygen atoms in total. The van der Waals surface area contributed by atoms with Crippen molar-refractivity contribution in [1.29, 1.82) is 0 Å². The van der Waals surface area contributed by atoms with Crippen LogP contribution in [0.4, 0.5) is 5.13 Å². The van der Waals surface area contributed by atoms with E-state index in [9.17, 15) is 14.4 Å². The van der Waals surface area contributed by atoms with Crippen LogP contribution in [0.5, 0.6) is 0 Å². The van der Waals surface area contributed by atoms with Crippen molar-refractivity contribution in [3.63, 3.8) is 0 Å². The van der Waals surface area contributed by atoms with Crippen LogP contribution in [0, 0.1) is 23.7 Å². The fourth-order valence-corrected chi connectivity index (χ4v) is 5.03. The third-order valence-electron chi connectivity index (χ3n) is 5.59. The van der Waals surface area contributed by atoms with Gasteiger partial charge < -0.3 is 5.32 Å². The number of allylic oxidation sites excluding steroid dienone is 2. The first kappa shape index (κ1) is 17.3. The van der Waals surface area contributed by atoms with Crippen LogP contribution in [-0.2, 0) is 14.4 Å². The van der Waals surface area contributed by atoms with E-state index in [4.69, 9.17) is 0 Å². The first-order valence-corrected chi connectivity index (χ1v) is 9.94. The summed E-state index contributed by atoms with van der Waals surface area (Å²) in [7, 11) is 0. The molecule has 0 radical (unpaired) electrons. The van der Waals surface area contributed by atoms with Gasteiger partial charge in [0.1, 0.15) is 5.01 Å². The fourth-order valence-electron chi connectivity index (χ4n) is 4.27. The van der Waals surface area contributed by atoms with Crippen molar-refractivity contribution in [2.24, 2.45) is 23.7 Å². The van der Waals surface area contributed by atoms with Gasteiger partial charge in [-0.25, -0.2) is 0 Å². The Hall–Kier alpha value is -2.09. The Morgan fingerprint density at radius 2 is 1.81 bits per heavy atom. The molecule has 1 saturated carbocycles. The number of imide groups is 1. The third-order valence-corrected chi connectivity index (χ3v) is 6.73. The van der Waals surface area contributed by atoms with Crippen molar-refractivity contribution in [2.45, 2.75) is 39.0 Å². The van der Waals surface area contributed by atoms with E-state index in [1.54, 1.807) is 0 Å². The molecule has 1 aliphatic heterocycles. The van der Waals surface area contributed by atoms with Gasteiger partial charge in [0, 0.05) is 18.9 Å². The van der Waals surface area contributed by atoms with Gasteiger partial charge in [0.2, 0.25) is 22.9 Å². The molecule has 4 unspecified atom stereocenters. The molecule has 0 spiro atoms. The number of fused-ring (bicyclic) bond motifs is 1. The first-order chi connectivity index (χ1) is 12.5. The molecular weight excluding hydrogens is 352 g/mol. The van der Waals surface area contributed by atoms with Crippen molar-refractivity contribution in [3.8, 4) is 0 Å². The number of hydrogen-bond acceptors (Lipinski definition) is 6. The lowest BCUT2D eigenvalue weighted by Gasteiger charge is -2.38. The SMILES string of the molecule is CC(C)c1nnc(NC(=O)CCN2C(=O)C3C4C=CC(CC4)C3C2=O)s1. The maximum atomic E-state index is 12.7. The molecule has 2 bridgehead atoms. The molecule has 8 heteroatoms. The lowest BCUT2D eigenvalue weighted by atomic mass is 9.63. The molecular formula is C18H22N4O3S. The number of likely N-dealkylation sites (tertiary alicyclic amines) is 1. The summed E-state index contributed by atoms with van der Waals surface area (Å²) in [4.78, 5) is 38.9. The maximum absolute atomic E-state index is 12.7. The Labute approximate surface area is 155 Å². The van der Waals surface area contributed by atoms with Gasteiger partial charge in [-0.1, -0.05) is 37.3 Å². The number of rotatable bonds is 5. The molecule has 1 N–H and O–H groups in total. The van der Waals surface area contributed by atoms with Crippen LogP contribution >= 0.6 is 11.3 Å². The molecule has 1 saturated heterocycles. The fraction of sp³-hybridized carbons (Fsp3) is 0.611. The van der Waals surface area contributed by atoms with Crippen LogP contribution in [0.3, 0.4) is 0 Å². The van der Waals surface area contributed by atoms with E-state index in [0.29, 0.717) is 5.13 Å². The van der Waals surface area contributed by atoms with Crippen molar-refractivity contribution < 1.29 is 14.4 Å². The summed E-state index contributed by atoms with van der Waals surface area (Å²) in [5.41, 5.74) is 0. The maximum Gasteiger partial charge on any atom is 0.233 e. The molecule has 3 amide bonds. The standard InChI is InChI=1S/C18H22N4O3S/c1-9(2)15-20-21-18(26-15)19-12(23)7-8-22-16(24)13-10-3-4-11(6-5-10)14(13)17(22)25/h3-4,9-11,13-14H,5-8H2,1-2H3,(H,19,21,23). The number of hydrogen-bond donors (Lipinski definition) is 1. The Kier molecular flexibility index (Phi) is 4.38. The zero-order valence-electron chi connectivity index (χ0n) is 14.8. The Bertz CT molecular complexity index is 755. The molecule has 138 valence electrons. The van der Waals surface area contributed by atoms with Gasteiger partial charge in [0.25, 0.3) is 0 Å². The van der Waals surface area contributed by atoms with Crippen LogP contribution in [0.15, 0.2) is 12.2 Å². The van der Waals surface area contributed by atoms with E-state index >= 15 is 0 Å². The molecule has 1 aromatic rings. The van der Waals surface area contributed by atoms with Crippen molar-refractivity contribution in [2.75, 3.05) is 11.9 Å². The van der Waals surface area contributed by atoms with Crippen LogP contribution < -0.4 is 5.32 Å². The van der Waals surface area contributed by atoms with E-state index in [2.05, 4.69) is 27.7 Å². The summed E-state index contributed by atoms with van der Waals surface area (Å²) < 4.78 is 0. The van der Waals surface area contributed by atoms with E-state index < -0.39 is 0 Å². The summed E-state index contributed by atoms with van der Waals surface area (Å²) in [5, 5.41) is 12.0.